The fourth-order valence-electron chi connectivity index (χ4n) is 6.00. The summed E-state index contributed by atoms with van der Waals surface area (Å²) in [5.41, 5.74) is 2.38. The molecule has 1 aliphatic heterocycles. The molecule has 232 valence electrons. The first-order valence-electron chi connectivity index (χ1n) is 15.4. The van der Waals surface area contributed by atoms with Gasteiger partial charge in [0.15, 0.2) is 21.9 Å². The normalized spacial score (nSPS) is 22.8. The maximum Gasteiger partial charge on any atom is 0.407 e. The Kier molecular flexibility index (Phi) is 8.79. The molecule has 2 saturated carbocycles. The Morgan fingerprint density at radius 2 is 1.88 bits per heavy atom. The van der Waals surface area contributed by atoms with Crippen molar-refractivity contribution >= 4 is 38.8 Å². The predicted molar refractivity (Wildman–Crippen MR) is 167 cm³/mol. The third-order valence-electron chi connectivity index (χ3n) is 8.40. The molecule has 6 rings (SSSR count). The topological polar surface area (TPSA) is 124 Å². The van der Waals surface area contributed by atoms with E-state index in [0.717, 1.165) is 67.1 Å². The Morgan fingerprint density at radius 3 is 2.58 bits per heavy atom. The maximum absolute atomic E-state index is 13.6. The van der Waals surface area contributed by atoms with Gasteiger partial charge in [0.25, 0.3) is 0 Å². The molecule has 1 amide bonds. The molecule has 1 unspecified atom stereocenters. The fourth-order valence-corrected chi connectivity index (χ4v) is 9.08. The summed E-state index contributed by atoms with van der Waals surface area (Å²) in [5, 5.41) is 11.7. The van der Waals surface area contributed by atoms with E-state index in [2.05, 4.69) is 10.6 Å². The van der Waals surface area contributed by atoms with Crippen molar-refractivity contribution in [3.63, 3.8) is 0 Å². The summed E-state index contributed by atoms with van der Waals surface area (Å²) < 4.78 is 40.3. The highest BCUT2D eigenvalue weighted by Gasteiger charge is 2.39. The van der Waals surface area contributed by atoms with E-state index >= 15 is 0 Å². The number of amides is 1. The Balaban J connectivity index is 1.19. The minimum Gasteiger partial charge on any atom is -0.447 e. The van der Waals surface area contributed by atoms with Crippen LogP contribution in [0, 0.1) is 6.92 Å². The highest BCUT2D eigenvalue weighted by atomic mass is 32.2. The highest BCUT2D eigenvalue weighted by Crippen LogP contribution is 2.43. The molecule has 0 spiro atoms. The van der Waals surface area contributed by atoms with Crippen LogP contribution in [0.25, 0.3) is 10.4 Å². The van der Waals surface area contributed by atoms with Gasteiger partial charge in [-0.15, -0.1) is 11.3 Å². The van der Waals surface area contributed by atoms with E-state index in [9.17, 15) is 13.2 Å². The van der Waals surface area contributed by atoms with Crippen molar-refractivity contribution in [3.8, 4) is 10.4 Å². The second-order valence-electron chi connectivity index (χ2n) is 12.2. The summed E-state index contributed by atoms with van der Waals surface area (Å²) in [6.07, 6.45) is 9.29. The van der Waals surface area contributed by atoms with Crippen molar-refractivity contribution in [1.82, 2.24) is 20.1 Å². The lowest BCUT2D eigenvalue weighted by molar-refractivity contribution is -0.0404. The van der Waals surface area contributed by atoms with Crippen LogP contribution < -0.4 is 10.6 Å². The van der Waals surface area contributed by atoms with E-state index in [1.807, 2.05) is 49.8 Å². The number of carbonyl (C=O) groups excluding carboxylic acids is 1. The number of aryl methyl sites for hydroxylation is 1. The van der Waals surface area contributed by atoms with Crippen LogP contribution in [-0.4, -0.2) is 53.3 Å². The summed E-state index contributed by atoms with van der Waals surface area (Å²) in [7, 11) is -3.48. The summed E-state index contributed by atoms with van der Waals surface area (Å²) >= 11 is 1.57. The van der Waals surface area contributed by atoms with Gasteiger partial charge in [0.2, 0.25) is 0 Å². The molecule has 1 aromatic carbocycles. The molecule has 2 aromatic heterocycles. The number of rotatable bonds is 9. The molecule has 43 heavy (non-hydrogen) atoms. The number of nitrogens with zero attached hydrogens (tertiary/aromatic N) is 3. The summed E-state index contributed by atoms with van der Waals surface area (Å²) in [4.78, 5) is 17.9. The number of aromatic nitrogens is 3. The highest BCUT2D eigenvalue weighted by molar-refractivity contribution is 7.92. The van der Waals surface area contributed by atoms with Gasteiger partial charge in [-0.1, -0.05) is 6.07 Å². The molecule has 0 radical (unpaired) electrons. The summed E-state index contributed by atoms with van der Waals surface area (Å²) in [6, 6.07) is 7.63. The zero-order valence-electron chi connectivity index (χ0n) is 25.0. The van der Waals surface area contributed by atoms with Gasteiger partial charge in [-0.25, -0.2) is 22.9 Å². The number of ether oxygens (including phenoxy) is 2. The van der Waals surface area contributed by atoms with Crippen molar-refractivity contribution in [2.75, 3.05) is 11.9 Å². The Morgan fingerprint density at radius 1 is 1.09 bits per heavy atom. The molecule has 1 atom stereocenters. The minimum atomic E-state index is -3.48. The van der Waals surface area contributed by atoms with Crippen LogP contribution in [0.2, 0.25) is 0 Å². The number of alkyl carbamates (subject to hydrolysis) is 1. The zero-order chi connectivity index (χ0) is 30.1. The van der Waals surface area contributed by atoms with E-state index in [0.29, 0.717) is 34.8 Å². The number of sulfone groups is 1. The second kappa shape index (κ2) is 12.6. The van der Waals surface area contributed by atoms with Crippen molar-refractivity contribution < 1.29 is 22.7 Å². The molecule has 1 saturated heterocycles. The van der Waals surface area contributed by atoms with Crippen LogP contribution in [-0.2, 0) is 19.3 Å². The van der Waals surface area contributed by atoms with Gasteiger partial charge >= 0.3 is 6.09 Å². The number of anilines is 2. The predicted octanol–water partition coefficient (Wildman–Crippen LogP) is 6.85. The van der Waals surface area contributed by atoms with Crippen molar-refractivity contribution in [2.45, 2.75) is 113 Å². The SMILES string of the molecule is Cc1cc(Nc2ccc(-c3cnc([C@H]4CC[C@H](NC(=O)OC(C)C)CC4)s3)c(S(=O)(=O)C3CC3)c2)nn1C1CCCCO1. The lowest BCUT2D eigenvalue weighted by Crippen LogP contribution is -2.38. The van der Waals surface area contributed by atoms with E-state index in [1.165, 1.54) is 0 Å². The number of thiazole rings is 1. The number of nitrogens with one attached hydrogen (secondary N) is 2. The molecule has 3 fully saturated rings. The molecule has 3 aromatic rings. The summed E-state index contributed by atoms with van der Waals surface area (Å²) in [5.74, 6) is 0.950. The van der Waals surface area contributed by atoms with Crippen LogP contribution in [0.15, 0.2) is 35.4 Å². The Bertz CT molecular complexity index is 1550. The first kappa shape index (κ1) is 30.1. The lowest BCUT2D eigenvalue weighted by Gasteiger charge is -2.28. The lowest BCUT2D eigenvalue weighted by atomic mass is 9.86. The molecule has 2 N–H and O–H groups in total. The molecule has 0 bridgehead atoms. The largest absolute Gasteiger partial charge is 0.447 e. The average molecular weight is 628 g/mol. The third kappa shape index (κ3) is 6.91. The minimum absolute atomic E-state index is 0.0642. The van der Waals surface area contributed by atoms with Gasteiger partial charge < -0.3 is 20.1 Å². The van der Waals surface area contributed by atoms with E-state index in [1.54, 1.807) is 17.4 Å². The summed E-state index contributed by atoms with van der Waals surface area (Å²) in [6.45, 7) is 6.42. The van der Waals surface area contributed by atoms with Crippen LogP contribution in [0.1, 0.15) is 94.5 Å². The smallest absolute Gasteiger partial charge is 0.407 e. The number of hydrogen-bond donors (Lipinski definition) is 2. The number of hydrogen-bond acceptors (Lipinski definition) is 9. The number of benzene rings is 1. The van der Waals surface area contributed by atoms with Gasteiger partial charge in [0.05, 0.1) is 26.1 Å². The van der Waals surface area contributed by atoms with Gasteiger partial charge in [0.1, 0.15) is 0 Å². The molecule has 3 aliphatic rings. The molecule has 3 heterocycles. The van der Waals surface area contributed by atoms with Crippen LogP contribution in [0.5, 0.6) is 0 Å². The van der Waals surface area contributed by atoms with E-state index in [4.69, 9.17) is 19.6 Å². The second-order valence-corrected chi connectivity index (χ2v) is 15.5. The Labute approximate surface area is 257 Å². The number of carbonyl (C=O) groups is 1. The third-order valence-corrected chi connectivity index (χ3v) is 11.9. The van der Waals surface area contributed by atoms with E-state index in [-0.39, 0.29) is 35.6 Å². The van der Waals surface area contributed by atoms with Gasteiger partial charge in [-0.05, 0) is 90.7 Å². The molecule has 12 heteroatoms. The van der Waals surface area contributed by atoms with E-state index < -0.39 is 9.84 Å². The maximum atomic E-state index is 13.6. The van der Waals surface area contributed by atoms with Crippen molar-refractivity contribution in [1.29, 1.82) is 0 Å². The molecular weight excluding hydrogens is 587 g/mol. The first-order chi connectivity index (χ1) is 20.7. The standard InChI is InChI=1S/C31H41N5O5S2/c1-19(2)41-31(37)34-22-9-7-21(8-10-22)30-32-18-26(42-30)25-14-11-23(17-27(25)43(38,39)24-12-13-24)33-28-16-20(3)36(35-28)29-6-4-5-15-40-29/h11,14,16-19,21-22,24,29H,4-10,12-13,15H2,1-3H3,(H,33,35)(H,34,37)/t21-,22-,29?. The van der Waals surface area contributed by atoms with Crippen molar-refractivity contribution in [2.24, 2.45) is 0 Å². The quantitative estimate of drug-likeness (QED) is 0.264. The fraction of sp³-hybridized carbons (Fsp3) is 0.581. The van der Waals surface area contributed by atoms with Crippen LogP contribution in [0.3, 0.4) is 0 Å². The van der Waals surface area contributed by atoms with Crippen molar-refractivity contribution in [3.05, 3.63) is 41.2 Å². The molecular formula is C31H41N5O5S2. The van der Waals surface area contributed by atoms with Gasteiger partial charge in [-0.3, -0.25) is 0 Å². The molecule has 10 nitrogen and oxygen atoms in total. The average Bonchev–Trinajstić information content (AvgIpc) is 3.64. The molecule has 2 aliphatic carbocycles. The monoisotopic (exact) mass is 627 g/mol. The van der Waals surface area contributed by atoms with Gasteiger partial charge in [0, 0.05) is 47.8 Å². The van der Waals surface area contributed by atoms with Gasteiger partial charge in [-0.2, -0.15) is 5.10 Å². The van der Waals surface area contributed by atoms with Crippen LogP contribution in [0.4, 0.5) is 16.3 Å². The van der Waals surface area contributed by atoms with Crippen LogP contribution >= 0.6 is 11.3 Å². The first-order valence-corrected chi connectivity index (χ1v) is 17.8. The Hall–Kier alpha value is -2.96. The zero-order valence-corrected chi connectivity index (χ0v) is 26.7.